The zero-order valence-electron chi connectivity index (χ0n) is 10.0. The first kappa shape index (κ1) is 15.3. The number of hydrogen-bond donors (Lipinski definition) is 2. The van der Waals surface area contributed by atoms with Gasteiger partial charge in [0.1, 0.15) is 0 Å². The van der Waals surface area contributed by atoms with E-state index in [9.17, 15) is 9.59 Å². The largest absolute Gasteiger partial charge is 0.468 e. The number of imide groups is 1. The predicted octanol–water partition coefficient (Wildman–Crippen LogP) is 1.09. The number of methoxy groups -OCH3 is 1. The Morgan fingerprint density at radius 3 is 2.53 bits per heavy atom. The van der Waals surface area contributed by atoms with Crippen LogP contribution in [0.25, 0.3) is 0 Å². The van der Waals surface area contributed by atoms with Crippen LogP contribution in [0.5, 0.6) is 0 Å². The van der Waals surface area contributed by atoms with Crippen molar-refractivity contribution in [2.75, 3.05) is 27.0 Å². The molecule has 0 unspecified atom stereocenters. The van der Waals surface area contributed by atoms with Crippen LogP contribution in [0.1, 0.15) is 0 Å². The lowest BCUT2D eigenvalue weighted by atomic mass is 10.6. The highest BCUT2D eigenvalue weighted by molar-refractivity contribution is 7.98. The Hall–Kier alpha value is -1.70. The highest BCUT2D eigenvalue weighted by Gasteiger charge is 2.28. The first-order chi connectivity index (χ1) is 7.95. The summed E-state index contributed by atoms with van der Waals surface area (Å²) in [5.74, 6) is 0.496. The maximum Gasteiger partial charge on any atom is 0.343 e. The molecule has 8 heteroatoms. The highest BCUT2D eigenvalue weighted by Crippen LogP contribution is 2.02. The molecular formula is C9H16N4O3S. The zero-order chi connectivity index (χ0) is 13.4. The summed E-state index contributed by atoms with van der Waals surface area (Å²) >= 11 is 1.06. The van der Waals surface area contributed by atoms with Gasteiger partial charge in [-0.3, -0.25) is 10.1 Å². The van der Waals surface area contributed by atoms with Crippen LogP contribution in [0.15, 0.2) is 12.7 Å². The Labute approximate surface area is 104 Å². The lowest BCUT2D eigenvalue weighted by molar-refractivity contribution is 0.180. The number of ether oxygens (including phenoxy) is 1. The number of nitrogens with zero attached hydrogens (tertiary/aromatic N) is 2. The van der Waals surface area contributed by atoms with Crippen molar-refractivity contribution in [1.29, 1.82) is 5.41 Å². The summed E-state index contributed by atoms with van der Waals surface area (Å²) in [5, 5.41) is 7.40. The van der Waals surface area contributed by atoms with Gasteiger partial charge in [0.15, 0.2) is 0 Å². The fourth-order valence-electron chi connectivity index (χ4n) is 0.765. The van der Waals surface area contributed by atoms with Gasteiger partial charge in [-0.1, -0.05) is 6.08 Å². The minimum absolute atomic E-state index is 0.496. The van der Waals surface area contributed by atoms with Crippen molar-refractivity contribution in [1.82, 2.24) is 14.5 Å². The standard InChI is InChI=1S/C9H16N4O3S/c1-5-6-17-11-8(14)13(7(10)16-4)9(15)12(2)3/h5,10H,1,6H2,2-4H3,(H,11,14). The summed E-state index contributed by atoms with van der Waals surface area (Å²) in [7, 11) is 4.16. The summed E-state index contributed by atoms with van der Waals surface area (Å²) in [5.41, 5.74) is 0. The van der Waals surface area contributed by atoms with Crippen LogP contribution in [0.4, 0.5) is 9.59 Å². The lowest BCUT2D eigenvalue weighted by Gasteiger charge is -2.22. The van der Waals surface area contributed by atoms with Crippen molar-refractivity contribution in [3.8, 4) is 0 Å². The second-order valence-corrected chi connectivity index (χ2v) is 3.85. The molecule has 0 aliphatic carbocycles. The predicted molar refractivity (Wildman–Crippen MR) is 66.8 cm³/mol. The number of nitrogens with one attached hydrogen (secondary N) is 2. The van der Waals surface area contributed by atoms with Crippen molar-refractivity contribution >= 4 is 30.0 Å². The Kier molecular flexibility index (Phi) is 6.80. The lowest BCUT2D eigenvalue weighted by Crippen LogP contribution is -2.50. The highest BCUT2D eigenvalue weighted by atomic mass is 32.2. The molecule has 0 saturated heterocycles. The Morgan fingerprint density at radius 1 is 1.53 bits per heavy atom. The number of amidine groups is 1. The van der Waals surface area contributed by atoms with Crippen LogP contribution in [0.2, 0.25) is 0 Å². The molecule has 0 aliphatic rings. The van der Waals surface area contributed by atoms with E-state index >= 15 is 0 Å². The smallest absolute Gasteiger partial charge is 0.343 e. The van der Waals surface area contributed by atoms with E-state index in [1.165, 1.54) is 26.1 Å². The fourth-order valence-corrected chi connectivity index (χ4v) is 1.18. The third kappa shape index (κ3) is 4.77. The molecule has 7 nitrogen and oxygen atoms in total. The van der Waals surface area contributed by atoms with E-state index in [-0.39, 0.29) is 0 Å². The third-order valence-corrected chi connectivity index (χ3v) is 2.26. The topological polar surface area (TPSA) is 85.7 Å². The summed E-state index contributed by atoms with van der Waals surface area (Å²) in [6.45, 7) is 3.49. The molecule has 0 atom stereocenters. The number of carbonyl (C=O) groups is 2. The van der Waals surface area contributed by atoms with E-state index in [0.29, 0.717) is 10.7 Å². The average molecular weight is 260 g/mol. The molecule has 0 aromatic carbocycles. The molecule has 0 fully saturated rings. The van der Waals surface area contributed by atoms with Gasteiger partial charge in [0.25, 0.3) is 0 Å². The van der Waals surface area contributed by atoms with Gasteiger partial charge >= 0.3 is 18.1 Å². The van der Waals surface area contributed by atoms with Crippen LogP contribution in [-0.2, 0) is 4.74 Å². The number of carbonyl (C=O) groups excluding carboxylic acids is 2. The van der Waals surface area contributed by atoms with Crippen LogP contribution < -0.4 is 4.72 Å². The molecule has 2 N–H and O–H groups in total. The van der Waals surface area contributed by atoms with E-state index in [1.54, 1.807) is 6.08 Å². The van der Waals surface area contributed by atoms with Crippen LogP contribution in [-0.4, -0.2) is 54.8 Å². The SMILES string of the molecule is C=CCSNC(=O)N(C(=N)OC)C(=O)N(C)C. The van der Waals surface area contributed by atoms with E-state index in [2.05, 4.69) is 16.0 Å². The van der Waals surface area contributed by atoms with Crippen LogP contribution in [0.3, 0.4) is 0 Å². The normalized spacial score (nSPS) is 9.12. The van der Waals surface area contributed by atoms with Crippen molar-refractivity contribution in [3.63, 3.8) is 0 Å². The number of urea groups is 2. The van der Waals surface area contributed by atoms with Gasteiger partial charge in [-0.15, -0.1) is 6.58 Å². The molecule has 0 spiro atoms. The first-order valence-electron chi connectivity index (χ1n) is 4.62. The van der Waals surface area contributed by atoms with Gasteiger partial charge in [-0.05, 0) is 11.9 Å². The molecule has 4 amide bonds. The second-order valence-electron chi connectivity index (χ2n) is 3.03. The molecule has 0 heterocycles. The molecule has 96 valence electrons. The summed E-state index contributed by atoms with van der Waals surface area (Å²) in [4.78, 5) is 25.1. The first-order valence-corrected chi connectivity index (χ1v) is 5.60. The molecule has 17 heavy (non-hydrogen) atoms. The van der Waals surface area contributed by atoms with Gasteiger partial charge in [0, 0.05) is 19.8 Å². The second kappa shape index (κ2) is 7.55. The molecule has 0 rings (SSSR count). The molecule has 0 aromatic heterocycles. The molecule has 0 aliphatic heterocycles. The fraction of sp³-hybridized carbons (Fsp3) is 0.444. The van der Waals surface area contributed by atoms with E-state index in [4.69, 9.17) is 5.41 Å². The Balaban J connectivity index is 4.68. The molecular weight excluding hydrogens is 244 g/mol. The Morgan fingerprint density at radius 2 is 2.12 bits per heavy atom. The van der Waals surface area contributed by atoms with Gasteiger partial charge in [0.2, 0.25) is 0 Å². The van der Waals surface area contributed by atoms with Gasteiger partial charge in [-0.2, -0.15) is 4.90 Å². The van der Waals surface area contributed by atoms with Crippen molar-refractivity contribution in [2.45, 2.75) is 0 Å². The maximum atomic E-state index is 11.7. The van der Waals surface area contributed by atoms with E-state index in [1.807, 2.05) is 0 Å². The van der Waals surface area contributed by atoms with Gasteiger partial charge in [0.05, 0.1) is 7.11 Å². The molecule has 0 saturated carbocycles. The van der Waals surface area contributed by atoms with E-state index in [0.717, 1.165) is 11.9 Å². The number of amides is 4. The number of hydrogen-bond acceptors (Lipinski definition) is 5. The average Bonchev–Trinajstić information content (AvgIpc) is 2.29. The van der Waals surface area contributed by atoms with Crippen LogP contribution in [0, 0.1) is 5.41 Å². The van der Waals surface area contributed by atoms with Gasteiger partial charge < -0.3 is 9.64 Å². The molecule has 0 aromatic rings. The Bertz CT molecular complexity index is 319. The van der Waals surface area contributed by atoms with Crippen LogP contribution >= 0.6 is 11.9 Å². The molecule has 0 radical (unpaired) electrons. The summed E-state index contributed by atoms with van der Waals surface area (Å²) in [6.07, 6.45) is 1.60. The maximum absolute atomic E-state index is 11.7. The zero-order valence-corrected chi connectivity index (χ0v) is 10.8. The molecule has 0 bridgehead atoms. The van der Waals surface area contributed by atoms with Crippen molar-refractivity contribution in [3.05, 3.63) is 12.7 Å². The third-order valence-electron chi connectivity index (χ3n) is 1.53. The summed E-state index contributed by atoms with van der Waals surface area (Å²) in [6, 6.07) is -1.93. The van der Waals surface area contributed by atoms with E-state index < -0.39 is 18.1 Å². The van der Waals surface area contributed by atoms with Crippen molar-refractivity contribution < 1.29 is 14.3 Å². The monoisotopic (exact) mass is 260 g/mol. The minimum Gasteiger partial charge on any atom is -0.468 e. The minimum atomic E-state index is -0.734. The number of rotatable bonds is 3. The summed E-state index contributed by atoms with van der Waals surface area (Å²) < 4.78 is 6.98. The quantitative estimate of drug-likeness (QED) is 0.261. The van der Waals surface area contributed by atoms with Gasteiger partial charge in [-0.25, -0.2) is 9.59 Å². The van der Waals surface area contributed by atoms with Crippen molar-refractivity contribution in [2.24, 2.45) is 0 Å².